The van der Waals surface area contributed by atoms with Crippen LogP contribution in [0.1, 0.15) is 41.2 Å². The molecular weight excluding hydrogens is 374 g/mol. The Morgan fingerprint density at radius 1 is 1.13 bits per heavy atom. The molecule has 5 rings (SSSR count). The summed E-state index contributed by atoms with van der Waals surface area (Å²) in [5.41, 5.74) is 8.43. The van der Waals surface area contributed by atoms with E-state index in [-0.39, 0.29) is 5.60 Å². The zero-order chi connectivity index (χ0) is 21.0. The highest BCUT2D eigenvalue weighted by Gasteiger charge is 2.35. The minimum Gasteiger partial charge on any atom is -0.507 e. The summed E-state index contributed by atoms with van der Waals surface area (Å²) in [6.45, 7) is 9.82. The van der Waals surface area contributed by atoms with Gasteiger partial charge in [0.05, 0.1) is 12.2 Å². The van der Waals surface area contributed by atoms with Gasteiger partial charge in [0.15, 0.2) is 0 Å². The molecule has 156 valence electrons. The van der Waals surface area contributed by atoms with E-state index in [2.05, 4.69) is 36.5 Å². The fraction of sp³-hybridized carbons (Fsp3) is 0.400. The van der Waals surface area contributed by atoms with Gasteiger partial charge in [0.25, 0.3) is 0 Å². The lowest BCUT2D eigenvalue weighted by Gasteiger charge is -2.37. The van der Waals surface area contributed by atoms with E-state index in [1.807, 2.05) is 31.6 Å². The van der Waals surface area contributed by atoms with Crippen LogP contribution in [-0.2, 0) is 19.4 Å². The number of rotatable bonds is 3. The van der Waals surface area contributed by atoms with Crippen molar-refractivity contribution in [2.24, 2.45) is 0 Å². The minimum absolute atomic E-state index is 0.339. The highest BCUT2D eigenvalue weighted by atomic mass is 16.5. The van der Waals surface area contributed by atoms with Crippen LogP contribution in [0.5, 0.6) is 11.5 Å². The minimum atomic E-state index is -0.339. The van der Waals surface area contributed by atoms with Gasteiger partial charge >= 0.3 is 0 Å². The van der Waals surface area contributed by atoms with Gasteiger partial charge in [-0.25, -0.2) is 0 Å². The monoisotopic (exact) mass is 403 g/mol. The molecule has 2 aliphatic heterocycles. The van der Waals surface area contributed by atoms with Crippen LogP contribution in [0.25, 0.3) is 11.3 Å². The molecule has 5 nitrogen and oxygen atoms in total. The summed E-state index contributed by atoms with van der Waals surface area (Å²) in [6, 6.07) is 8.54. The summed E-state index contributed by atoms with van der Waals surface area (Å²) in [5.74, 6) is 1.34. The summed E-state index contributed by atoms with van der Waals surface area (Å²) >= 11 is 0. The average molecular weight is 404 g/mol. The molecule has 3 aromatic rings. The highest BCUT2D eigenvalue weighted by Crippen LogP contribution is 2.43. The normalized spacial score (nSPS) is 19.7. The van der Waals surface area contributed by atoms with Crippen LogP contribution in [-0.4, -0.2) is 27.0 Å². The van der Waals surface area contributed by atoms with Crippen LogP contribution >= 0.6 is 0 Å². The van der Waals surface area contributed by atoms with Crippen molar-refractivity contribution in [1.29, 1.82) is 0 Å². The van der Waals surface area contributed by atoms with Crippen LogP contribution in [0.4, 0.5) is 5.69 Å². The number of nitrogens with zero attached hydrogens (tertiary/aromatic N) is 2. The second-order valence-electron chi connectivity index (χ2n) is 9.00. The lowest BCUT2D eigenvalue weighted by atomic mass is 9.87. The Morgan fingerprint density at radius 2 is 1.97 bits per heavy atom. The van der Waals surface area contributed by atoms with Crippen LogP contribution in [0.15, 0.2) is 30.5 Å². The summed E-state index contributed by atoms with van der Waals surface area (Å²) in [4.78, 5) is 0. The van der Waals surface area contributed by atoms with E-state index in [4.69, 9.17) is 9.84 Å². The van der Waals surface area contributed by atoms with Crippen molar-refractivity contribution in [2.75, 3.05) is 11.9 Å². The topological polar surface area (TPSA) is 59.3 Å². The molecule has 0 saturated heterocycles. The number of ether oxygens (including phenoxy) is 1. The third-order valence-corrected chi connectivity index (χ3v) is 6.85. The Morgan fingerprint density at radius 3 is 2.80 bits per heavy atom. The molecule has 2 aliphatic rings. The van der Waals surface area contributed by atoms with Crippen molar-refractivity contribution in [2.45, 2.75) is 59.1 Å². The molecule has 1 atom stereocenters. The van der Waals surface area contributed by atoms with Crippen molar-refractivity contribution < 1.29 is 9.84 Å². The summed E-state index contributed by atoms with van der Waals surface area (Å²) in [5, 5.41) is 18.8. The van der Waals surface area contributed by atoms with Crippen LogP contribution in [0.2, 0.25) is 0 Å². The van der Waals surface area contributed by atoms with Gasteiger partial charge < -0.3 is 15.2 Å². The summed E-state index contributed by atoms with van der Waals surface area (Å²) in [7, 11) is 0. The largest absolute Gasteiger partial charge is 0.507 e. The van der Waals surface area contributed by atoms with E-state index in [1.54, 1.807) is 0 Å². The number of anilines is 1. The molecule has 5 heteroatoms. The number of hydrogen-bond donors (Lipinski definition) is 2. The van der Waals surface area contributed by atoms with E-state index in [0.717, 1.165) is 59.5 Å². The Kier molecular flexibility index (Phi) is 4.31. The smallest absolute Gasteiger partial charge is 0.127 e. The van der Waals surface area contributed by atoms with Gasteiger partial charge in [-0.15, -0.1) is 0 Å². The molecule has 0 amide bonds. The maximum atomic E-state index is 10.4. The Bertz CT molecular complexity index is 1150. The lowest BCUT2D eigenvalue weighted by Crippen LogP contribution is -2.41. The maximum Gasteiger partial charge on any atom is 0.127 e. The van der Waals surface area contributed by atoms with E-state index in [0.29, 0.717) is 12.3 Å². The molecule has 0 aliphatic carbocycles. The molecular formula is C25H29N3O2. The standard InChI is InChI=1S/C25H29N3O2/c1-15-16(2)24-19(17(3)23(15)29)8-11-25(4,30-24)14-28-13-10-21(27-28)20-7-5-6-18-9-12-26-22(18)20/h5-7,10,13,26,29H,8-9,11-12,14H2,1-4H3/t25-/m1/s1. The van der Waals surface area contributed by atoms with E-state index in [9.17, 15) is 5.11 Å². The van der Waals surface area contributed by atoms with E-state index in [1.165, 1.54) is 16.8 Å². The van der Waals surface area contributed by atoms with Crippen molar-refractivity contribution in [3.05, 3.63) is 58.3 Å². The Balaban J connectivity index is 1.42. The van der Waals surface area contributed by atoms with Gasteiger partial charge in [-0.1, -0.05) is 18.2 Å². The van der Waals surface area contributed by atoms with Gasteiger partial charge in [-0.3, -0.25) is 4.68 Å². The number of nitrogens with one attached hydrogen (secondary N) is 1. The predicted molar refractivity (Wildman–Crippen MR) is 120 cm³/mol. The van der Waals surface area contributed by atoms with Crippen molar-refractivity contribution in [3.8, 4) is 22.8 Å². The summed E-state index contributed by atoms with van der Waals surface area (Å²) in [6.07, 6.45) is 4.91. The van der Waals surface area contributed by atoms with Gasteiger partial charge in [0.1, 0.15) is 17.1 Å². The van der Waals surface area contributed by atoms with Crippen molar-refractivity contribution >= 4 is 5.69 Å². The number of benzene rings is 2. The number of hydrogen-bond acceptors (Lipinski definition) is 4. The molecule has 30 heavy (non-hydrogen) atoms. The molecule has 0 spiro atoms. The van der Waals surface area contributed by atoms with Gasteiger partial charge in [-0.05, 0) is 75.3 Å². The second kappa shape index (κ2) is 6.79. The van der Waals surface area contributed by atoms with Crippen molar-refractivity contribution in [1.82, 2.24) is 9.78 Å². The first-order valence-corrected chi connectivity index (χ1v) is 10.8. The molecule has 0 radical (unpaired) electrons. The third kappa shape index (κ3) is 2.95. The Labute approximate surface area is 177 Å². The molecule has 0 fully saturated rings. The molecule has 2 N–H and O–H groups in total. The molecule has 3 heterocycles. The van der Waals surface area contributed by atoms with Crippen LogP contribution in [0.3, 0.4) is 0 Å². The molecule has 0 saturated carbocycles. The molecule has 2 aromatic carbocycles. The van der Waals surface area contributed by atoms with E-state index >= 15 is 0 Å². The Hall–Kier alpha value is -2.95. The third-order valence-electron chi connectivity index (χ3n) is 6.85. The zero-order valence-corrected chi connectivity index (χ0v) is 18.2. The fourth-order valence-electron chi connectivity index (χ4n) is 4.89. The highest BCUT2D eigenvalue weighted by molar-refractivity contribution is 5.79. The van der Waals surface area contributed by atoms with Gasteiger partial charge in [0.2, 0.25) is 0 Å². The second-order valence-corrected chi connectivity index (χ2v) is 9.00. The predicted octanol–water partition coefficient (Wildman–Crippen LogP) is 4.93. The fourth-order valence-corrected chi connectivity index (χ4v) is 4.89. The number of aromatic hydroxyl groups is 1. The molecule has 0 bridgehead atoms. The number of para-hydroxylation sites is 1. The molecule has 1 aromatic heterocycles. The van der Waals surface area contributed by atoms with Crippen LogP contribution in [0, 0.1) is 20.8 Å². The first-order valence-electron chi connectivity index (χ1n) is 10.8. The first kappa shape index (κ1) is 19.0. The maximum absolute atomic E-state index is 10.4. The zero-order valence-electron chi connectivity index (χ0n) is 18.2. The van der Waals surface area contributed by atoms with Crippen molar-refractivity contribution in [3.63, 3.8) is 0 Å². The number of phenols is 1. The SMILES string of the molecule is Cc1c(C)c2c(c(C)c1O)CC[C@](C)(Cn1ccc(-c3cccc4c3NCC4)n1)O2. The van der Waals surface area contributed by atoms with Gasteiger partial charge in [-0.2, -0.15) is 5.10 Å². The van der Waals surface area contributed by atoms with Gasteiger partial charge in [0, 0.05) is 29.6 Å². The van der Waals surface area contributed by atoms with Crippen LogP contribution < -0.4 is 10.1 Å². The number of aromatic nitrogens is 2. The van der Waals surface area contributed by atoms with E-state index < -0.39 is 0 Å². The number of phenolic OH excluding ortho intramolecular Hbond substituents is 1. The lowest BCUT2D eigenvalue weighted by molar-refractivity contribution is 0.0427. The molecule has 0 unspecified atom stereocenters. The average Bonchev–Trinajstić information content (AvgIpc) is 3.39. The quantitative estimate of drug-likeness (QED) is 0.651. The number of fused-ring (bicyclic) bond motifs is 2. The summed E-state index contributed by atoms with van der Waals surface area (Å²) < 4.78 is 8.58. The first-order chi connectivity index (χ1) is 14.4.